The van der Waals surface area contributed by atoms with Crippen LogP contribution in [-0.4, -0.2) is 48.1 Å². The number of aryl methyl sites for hydroxylation is 1. The van der Waals surface area contributed by atoms with Crippen molar-refractivity contribution in [2.45, 2.75) is 6.92 Å². The average molecular weight is 317 g/mol. The smallest absolute Gasteiger partial charge is 0.192 e. The minimum atomic E-state index is 0.652. The molecule has 0 spiro atoms. The number of likely N-dealkylation sites (N-methyl/N-ethyl adjacent to an activating group) is 1. The van der Waals surface area contributed by atoms with Crippen molar-refractivity contribution in [1.29, 1.82) is 0 Å². The van der Waals surface area contributed by atoms with Crippen LogP contribution in [0.25, 0.3) is 22.0 Å². The standard InChI is InChI=1S/C16H17ClN4O/c1-10-18-14-15(22-10)12-9-11(17)3-4-13(12)19-16(14)21-7-5-20(2)6-8-21/h3-4,9H,5-8H2,1-2H3. The summed E-state index contributed by atoms with van der Waals surface area (Å²) >= 11 is 6.12. The van der Waals surface area contributed by atoms with E-state index < -0.39 is 0 Å². The van der Waals surface area contributed by atoms with Crippen LogP contribution in [0, 0.1) is 6.92 Å². The van der Waals surface area contributed by atoms with Gasteiger partial charge in [0.1, 0.15) is 0 Å². The van der Waals surface area contributed by atoms with Crippen LogP contribution in [-0.2, 0) is 0 Å². The highest BCUT2D eigenvalue weighted by Crippen LogP contribution is 2.33. The highest BCUT2D eigenvalue weighted by molar-refractivity contribution is 6.31. The van der Waals surface area contributed by atoms with E-state index in [-0.39, 0.29) is 0 Å². The quantitative estimate of drug-likeness (QED) is 0.690. The molecule has 3 aromatic rings. The summed E-state index contributed by atoms with van der Waals surface area (Å²) in [6, 6.07) is 5.69. The van der Waals surface area contributed by atoms with Crippen molar-refractivity contribution in [3.63, 3.8) is 0 Å². The molecule has 0 amide bonds. The first-order valence-electron chi connectivity index (χ1n) is 7.42. The van der Waals surface area contributed by atoms with Crippen LogP contribution in [0.15, 0.2) is 22.6 Å². The molecule has 0 radical (unpaired) electrons. The Labute approximate surface area is 133 Å². The topological polar surface area (TPSA) is 45.4 Å². The van der Waals surface area contributed by atoms with Gasteiger partial charge in [0.15, 0.2) is 22.8 Å². The van der Waals surface area contributed by atoms with E-state index in [1.54, 1.807) is 0 Å². The number of halogens is 1. The fraction of sp³-hybridized carbons (Fsp3) is 0.375. The minimum Gasteiger partial charge on any atom is -0.440 e. The first kappa shape index (κ1) is 13.8. The lowest BCUT2D eigenvalue weighted by molar-refractivity contribution is 0.312. The van der Waals surface area contributed by atoms with Gasteiger partial charge in [-0.05, 0) is 25.2 Å². The second-order valence-electron chi connectivity index (χ2n) is 5.80. The molecular formula is C16H17ClN4O. The molecule has 1 saturated heterocycles. The summed E-state index contributed by atoms with van der Waals surface area (Å²) in [4.78, 5) is 14.0. The minimum absolute atomic E-state index is 0.652. The molecule has 1 aromatic carbocycles. The Bertz CT molecular complexity index is 852. The summed E-state index contributed by atoms with van der Waals surface area (Å²) in [7, 11) is 2.14. The van der Waals surface area contributed by atoms with Crippen LogP contribution in [0.5, 0.6) is 0 Å². The van der Waals surface area contributed by atoms with E-state index in [2.05, 4.69) is 21.8 Å². The predicted octanol–water partition coefficient (Wildman–Crippen LogP) is 3.09. The molecule has 0 atom stereocenters. The molecule has 22 heavy (non-hydrogen) atoms. The number of fused-ring (bicyclic) bond motifs is 3. The van der Waals surface area contributed by atoms with E-state index in [4.69, 9.17) is 21.0 Å². The molecule has 4 rings (SSSR count). The van der Waals surface area contributed by atoms with Crippen LogP contribution in [0.1, 0.15) is 5.89 Å². The Morgan fingerprint density at radius 2 is 1.91 bits per heavy atom. The van der Waals surface area contributed by atoms with E-state index >= 15 is 0 Å². The summed E-state index contributed by atoms with van der Waals surface area (Å²) < 4.78 is 5.84. The maximum Gasteiger partial charge on any atom is 0.192 e. The molecule has 0 aliphatic carbocycles. The molecule has 1 fully saturated rings. The van der Waals surface area contributed by atoms with Gasteiger partial charge in [0.2, 0.25) is 0 Å². The lowest BCUT2D eigenvalue weighted by Gasteiger charge is -2.33. The van der Waals surface area contributed by atoms with Gasteiger partial charge < -0.3 is 14.2 Å². The number of pyridine rings is 1. The molecular weight excluding hydrogens is 300 g/mol. The molecule has 1 aliphatic rings. The van der Waals surface area contributed by atoms with Crippen molar-refractivity contribution in [3.8, 4) is 0 Å². The molecule has 2 aromatic heterocycles. The third-order valence-electron chi connectivity index (χ3n) is 4.18. The third kappa shape index (κ3) is 2.21. The van der Waals surface area contributed by atoms with Crippen molar-refractivity contribution in [1.82, 2.24) is 14.9 Å². The lowest BCUT2D eigenvalue weighted by atomic mass is 10.2. The molecule has 0 unspecified atom stereocenters. The van der Waals surface area contributed by atoms with Crippen molar-refractivity contribution in [2.24, 2.45) is 0 Å². The Kier molecular flexibility index (Phi) is 3.20. The SMILES string of the molecule is Cc1nc2c(N3CCN(C)CC3)nc3ccc(Cl)cc3c2o1. The third-order valence-corrected chi connectivity index (χ3v) is 4.41. The number of piperazine rings is 1. The normalized spacial score (nSPS) is 16.8. The number of rotatable bonds is 1. The zero-order chi connectivity index (χ0) is 15.3. The van der Waals surface area contributed by atoms with Crippen molar-refractivity contribution >= 4 is 39.4 Å². The second kappa shape index (κ2) is 5.11. The summed E-state index contributed by atoms with van der Waals surface area (Å²) in [5.74, 6) is 1.56. The number of aromatic nitrogens is 2. The van der Waals surface area contributed by atoms with E-state index in [1.807, 2.05) is 25.1 Å². The zero-order valence-electron chi connectivity index (χ0n) is 12.6. The molecule has 6 heteroatoms. The lowest BCUT2D eigenvalue weighted by Crippen LogP contribution is -2.44. The fourth-order valence-electron chi connectivity index (χ4n) is 2.95. The number of benzene rings is 1. The molecule has 0 bridgehead atoms. The second-order valence-corrected chi connectivity index (χ2v) is 6.23. The molecule has 0 N–H and O–H groups in total. The number of anilines is 1. The number of hydrogen-bond donors (Lipinski definition) is 0. The molecule has 3 heterocycles. The van der Waals surface area contributed by atoms with Crippen LogP contribution >= 0.6 is 11.6 Å². The van der Waals surface area contributed by atoms with Gasteiger partial charge in [-0.15, -0.1) is 0 Å². The first-order chi connectivity index (χ1) is 10.6. The van der Waals surface area contributed by atoms with Crippen molar-refractivity contribution < 1.29 is 4.42 Å². The molecule has 0 saturated carbocycles. The van der Waals surface area contributed by atoms with E-state index in [0.29, 0.717) is 10.9 Å². The summed E-state index contributed by atoms with van der Waals surface area (Å²) in [5.41, 5.74) is 2.50. The highest BCUT2D eigenvalue weighted by Gasteiger charge is 2.22. The van der Waals surface area contributed by atoms with Gasteiger partial charge in [-0.25, -0.2) is 9.97 Å². The van der Waals surface area contributed by atoms with Gasteiger partial charge in [0.25, 0.3) is 0 Å². The van der Waals surface area contributed by atoms with Crippen LogP contribution in [0.3, 0.4) is 0 Å². The summed E-state index contributed by atoms with van der Waals surface area (Å²) in [6.07, 6.45) is 0. The monoisotopic (exact) mass is 316 g/mol. The Hall–Kier alpha value is -1.85. The Morgan fingerprint density at radius 1 is 1.14 bits per heavy atom. The number of hydrogen-bond acceptors (Lipinski definition) is 5. The number of oxazole rings is 1. The van der Waals surface area contributed by atoms with Gasteiger partial charge >= 0.3 is 0 Å². The molecule has 1 aliphatic heterocycles. The Balaban J connectivity index is 1.94. The predicted molar refractivity (Wildman–Crippen MR) is 88.8 cm³/mol. The largest absolute Gasteiger partial charge is 0.440 e. The van der Waals surface area contributed by atoms with E-state index in [9.17, 15) is 0 Å². The summed E-state index contributed by atoms with van der Waals surface area (Å²) in [6.45, 7) is 5.81. The van der Waals surface area contributed by atoms with Gasteiger partial charge in [-0.2, -0.15) is 0 Å². The first-order valence-corrected chi connectivity index (χ1v) is 7.79. The Morgan fingerprint density at radius 3 is 2.68 bits per heavy atom. The van der Waals surface area contributed by atoms with Gasteiger partial charge in [-0.1, -0.05) is 11.6 Å². The van der Waals surface area contributed by atoms with Crippen LogP contribution in [0.4, 0.5) is 5.82 Å². The molecule has 114 valence electrons. The highest BCUT2D eigenvalue weighted by atomic mass is 35.5. The van der Waals surface area contributed by atoms with Crippen LogP contribution < -0.4 is 4.90 Å². The number of nitrogens with zero attached hydrogens (tertiary/aromatic N) is 4. The average Bonchev–Trinajstić information content (AvgIpc) is 2.89. The van der Waals surface area contributed by atoms with E-state index in [1.165, 1.54) is 0 Å². The van der Waals surface area contributed by atoms with Gasteiger partial charge in [0.05, 0.1) is 5.52 Å². The van der Waals surface area contributed by atoms with Crippen LogP contribution in [0.2, 0.25) is 5.02 Å². The van der Waals surface area contributed by atoms with Crippen molar-refractivity contribution in [3.05, 3.63) is 29.1 Å². The summed E-state index contributed by atoms with van der Waals surface area (Å²) in [5, 5.41) is 1.60. The molecule has 5 nitrogen and oxygen atoms in total. The maximum atomic E-state index is 6.12. The van der Waals surface area contributed by atoms with E-state index in [0.717, 1.165) is 54.0 Å². The van der Waals surface area contributed by atoms with Gasteiger partial charge in [0, 0.05) is 43.5 Å². The fourth-order valence-corrected chi connectivity index (χ4v) is 3.13. The van der Waals surface area contributed by atoms with Crippen molar-refractivity contribution in [2.75, 3.05) is 38.1 Å². The van der Waals surface area contributed by atoms with Gasteiger partial charge in [-0.3, -0.25) is 0 Å². The maximum absolute atomic E-state index is 6.12. The zero-order valence-corrected chi connectivity index (χ0v) is 13.4.